The lowest BCUT2D eigenvalue weighted by Gasteiger charge is -2.35. The zero-order valence-electron chi connectivity index (χ0n) is 12.0. The van der Waals surface area contributed by atoms with Gasteiger partial charge in [-0.15, -0.1) is 0 Å². The summed E-state index contributed by atoms with van der Waals surface area (Å²) in [5, 5.41) is 0.808. The van der Waals surface area contributed by atoms with Crippen molar-refractivity contribution in [2.75, 3.05) is 33.4 Å². The number of piperidine rings is 1. The van der Waals surface area contributed by atoms with Gasteiger partial charge in [-0.05, 0) is 39.2 Å². The van der Waals surface area contributed by atoms with Crippen LogP contribution in [0.2, 0.25) is 5.15 Å². The molecule has 0 aliphatic carbocycles. The van der Waals surface area contributed by atoms with Crippen LogP contribution >= 0.6 is 23.4 Å². The Morgan fingerprint density at radius 2 is 2.15 bits per heavy atom. The van der Waals surface area contributed by atoms with Crippen molar-refractivity contribution in [3.05, 3.63) is 16.9 Å². The molecule has 0 aromatic carbocycles. The molecular formula is C13H19ClN4OS. The summed E-state index contributed by atoms with van der Waals surface area (Å²) in [7, 11) is 3.93. The van der Waals surface area contributed by atoms with Crippen LogP contribution in [0, 0.1) is 0 Å². The molecule has 0 atom stereocenters. The predicted molar refractivity (Wildman–Crippen MR) is 81.4 cm³/mol. The van der Waals surface area contributed by atoms with Crippen molar-refractivity contribution in [3.8, 4) is 0 Å². The zero-order chi connectivity index (χ0) is 14.7. The van der Waals surface area contributed by atoms with Crippen LogP contribution in [0.3, 0.4) is 0 Å². The number of carbonyl (C=O) groups excluding carboxylic acids is 1. The smallest absolute Gasteiger partial charge is 0.258 e. The average Bonchev–Trinajstić information content (AvgIpc) is 2.46. The molecule has 0 bridgehead atoms. The van der Waals surface area contributed by atoms with E-state index in [9.17, 15) is 4.79 Å². The van der Waals surface area contributed by atoms with E-state index in [2.05, 4.69) is 21.9 Å². The number of hydrogen-bond donors (Lipinski definition) is 0. The molecule has 0 unspecified atom stereocenters. The van der Waals surface area contributed by atoms with E-state index < -0.39 is 0 Å². The number of aromatic nitrogens is 2. The van der Waals surface area contributed by atoms with Gasteiger partial charge in [-0.3, -0.25) is 4.79 Å². The molecule has 5 nitrogen and oxygen atoms in total. The topological polar surface area (TPSA) is 49.3 Å². The van der Waals surface area contributed by atoms with Gasteiger partial charge >= 0.3 is 0 Å². The van der Waals surface area contributed by atoms with E-state index in [1.165, 1.54) is 18.0 Å². The summed E-state index contributed by atoms with van der Waals surface area (Å²) in [6, 6.07) is 0.259. The highest BCUT2D eigenvalue weighted by Crippen LogP contribution is 2.21. The third kappa shape index (κ3) is 3.42. The summed E-state index contributed by atoms with van der Waals surface area (Å²) < 4.78 is 0. The number of halogens is 1. The number of thioether (sulfide) groups is 1. The highest BCUT2D eigenvalue weighted by molar-refractivity contribution is 7.98. The first-order chi connectivity index (χ1) is 9.52. The number of nitrogens with zero attached hydrogens (tertiary/aromatic N) is 4. The molecule has 0 radical (unpaired) electrons. The summed E-state index contributed by atoms with van der Waals surface area (Å²) in [6.07, 6.45) is 5.37. The van der Waals surface area contributed by atoms with Gasteiger partial charge in [0.05, 0.1) is 5.56 Å². The minimum Gasteiger partial charge on any atom is -0.338 e. The van der Waals surface area contributed by atoms with Gasteiger partial charge in [0.15, 0.2) is 5.16 Å². The molecule has 7 heteroatoms. The number of hydrogen-bond acceptors (Lipinski definition) is 5. The average molecular weight is 315 g/mol. The Labute approximate surface area is 128 Å². The largest absolute Gasteiger partial charge is 0.338 e. The fraction of sp³-hybridized carbons (Fsp3) is 0.615. The first-order valence-electron chi connectivity index (χ1n) is 6.55. The van der Waals surface area contributed by atoms with Gasteiger partial charge in [0.1, 0.15) is 5.15 Å². The van der Waals surface area contributed by atoms with E-state index in [-0.39, 0.29) is 17.1 Å². The van der Waals surface area contributed by atoms with Crippen LogP contribution in [0.25, 0.3) is 0 Å². The van der Waals surface area contributed by atoms with Crippen LogP contribution in [-0.2, 0) is 0 Å². The maximum absolute atomic E-state index is 12.5. The Balaban J connectivity index is 2.10. The lowest BCUT2D eigenvalue weighted by Crippen LogP contribution is -2.44. The molecule has 2 rings (SSSR count). The molecule has 1 aromatic heterocycles. The Hall–Kier alpha value is -0.850. The molecule has 1 aliphatic heterocycles. The first-order valence-corrected chi connectivity index (χ1v) is 8.15. The van der Waals surface area contributed by atoms with Crippen molar-refractivity contribution >= 4 is 29.3 Å². The van der Waals surface area contributed by atoms with Crippen LogP contribution < -0.4 is 0 Å². The van der Waals surface area contributed by atoms with E-state index in [0.717, 1.165) is 25.9 Å². The highest BCUT2D eigenvalue weighted by Gasteiger charge is 2.26. The lowest BCUT2D eigenvalue weighted by molar-refractivity contribution is 0.0658. The second kappa shape index (κ2) is 6.74. The van der Waals surface area contributed by atoms with Crippen LogP contribution in [0.4, 0.5) is 0 Å². The minimum atomic E-state index is -0.0998. The molecule has 110 valence electrons. The Kier molecular flexibility index (Phi) is 5.23. The molecule has 0 spiro atoms. The zero-order valence-corrected chi connectivity index (χ0v) is 13.5. The number of amides is 1. The molecule has 1 fully saturated rings. The van der Waals surface area contributed by atoms with Crippen LogP contribution in [0.15, 0.2) is 11.4 Å². The molecule has 0 N–H and O–H groups in total. The second-order valence-electron chi connectivity index (χ2n) is 5.01. The van der Waals surface area contributed by atoms with E-state index in [0.29, 0.717) is 10.7 Å². The molecule has 20 heavy (non-hydrogen) atoms. The SMILES string of the molecule is CSc1ncc(C(=O)N(C)C2CCN(C)CC2)c(Cl)n1. The molecular weight excluding hydrogens is 296 g/mol. The van der Waals surface area contributed by atoms with Crippen molar-refractivity contribution in [2.45, 2.75) is 24.0 Å². The summed E-state index contributed by atoms with van der Waals surface area (Å²) in [6.45, 7) is 2.02. The monoisotopic (exact) mass is 314 g/mol. The summed E-state index contributed by atoms with van der Waals surface area (Å²) in [5.41, 5.74) is 0.380. The van der Waals surface area contributed by atoms with Crippen molar-refractivity contribution in [2.24, 2.45) is 0 Å². The van der Waals surface area contributed by atoms with Crippen molar-refractivity contribution in [1.82, 2.24) is 19.8 Å². The van der Waals surface area contributed by atoms with Gasteiger partial charge in [-0.2, -0.15) is 0 Å². The van der Waals surface area contributed by atoms with Crippen molar-refractivity contribution in [3.63, 3.8) is 0 Å². The van der Waals surface area contributed by atoms with Gasteiger partial charge in [0.2, 0.25) is 0 Å². The first kappa shape index (κ1) is 15.5. The Morgan fingerprint density at radius 3 is 2.70 bits per heavy atom. The van der Waals surface area contributed by atoms with Crippen LogP contribution in [0.1, 0.15) is 23.2 Å². The predicted octanol–water partition coefficient (Wildman–Crippen LogP) is 2.02. The normalized spacial score (nSPS) is 17.2. The molecule has 1 aliphatic rings. The van der Waals surface area contributed by atoms with Gasteiger partial charge in [0, 0.05) is 19.3 Å². The third-order valence-electron chi connectivity index (χ3n) is 3.69. The lowest BCUT2D eigenvalue weighted by atomic mass is 10.0. The Bertz CT molecular complexity index is 491. The van der Waals surface area contributed by atoms with Gasteiger partial charge in [-0.25, -0.2) is 9.97 Å². The number of likely N-dealkylation sites (tertiary alicyclic amines) is 1. The third-order valence-corrected chi connectivity index (χ3v) is 4.54. The molecule has 1 amide bonds. The van der Waals surface area contributed by atoms with Crippen LogP contribution in [-0.4, -0.2) is 65.2 Å². The van der Waals surface area contributed by atoms with Gasteiger partial charge in [-0.1, -0.05) is 23.4 Å². The minimum absolute atomic E-state index is 0.0998. The van der Waals surface area contributed by atoms with Crippen LogP contribution in [0.5, 0.6) is 0 Å². The Morgan fingerprint density at radius 1 is 1.50 bits per heavy atom. The van der Waals surface area contributed by atoms with E-state index in [4.69, 9.17) is 11.6 Å². The quantitative estimate of drug-likeness (QED) is 0.485. The molecule has 0 saturated carbocycles. The van der Waals surface area contributed by atoms with Gasteiger partial charge < -0.3 is 9.80 Å². The molecule has 1 saturated heterocycles. The highest BCUT2D eigenvalue weighted by atomic mass is 35.5. The molecule has 1 aromatic rings. The summed E-state index contributed by atoms with van der Waals surface area (Å²) in [5.74, 6) is -0.0998. The van der Waals surface area contributed by atoms with Crippen molar-refractivity contribution < 1.29 is 4.79 Å². The van der Waals surface area contributed by atoms with Gasteiger partial charge in [0.25, 0.3) is 5.91 Å². The number of carbonyl (C=O) groups is 1. The fourth-order valence-corrected chi connectivity index (χ4v) is 2.93. The number of rotatable bonds is 3. The fourth-order valence-electron chi connectivity index (χ4n) is 2.33. The maximum atomic E-state index is 12.5. The van der Waals surface area contributed by atoms with Crippen molar-refractivity contribution in [1.29, 1.82) is 0 Å². The van der Waals surface area contributed by atoms with E-state index in [1.54, 1.807) is 4.90 Å². The summed E-state index contributed by atoms with van der Waals surface area (Å²) >= 11 is 7.49. The standard InChI is InChI=1S/C13H19ClN4OS/c1-17-6-4-9(5-7-17)18(2)12(19)10-8-15-13(20-3)16-11(10)14/h8-9H,4-7H2,1-3H3. The van der Waals surface area contributed by atoms with E-state index in [1.807, 2.05) is 13.3 Å². The van der Waals surface area contributed by atoms with E-state index >= 15 is 0 Å². The second-order valence-corrected chi connectivity index (χ2v) is 6.14. The maximum Gasteiger partial charge on any atom is 0.258 e. The summed E-state index contributed by atoms with van der Waals surface area (Å²) in [4.78, 5) is 24.8. The molecule has 2 heterocycles.